The van der Waals surface area contributed by atoms with Crippen molar-refractivity contribution < 1.29 is 24.1 Å². The molecule has 10 heteroatoms. The predicted octanol–water partition coefficient (Wildman–Crippen LogP) is 3.68. The molecule has 0 unspecified atom stereocenters. The van der Waals surface area contributed by atoms with Gasteiger partial charge in [0.05, 0.1) is 25.4 Å². The number of aliphatic hydroxyl groups excluding tert-OH is 1. The molecule has 0 amide bonds. The van der Waals surface area contributed by atoms with Crippen molar-refractivity contribution >= 4 is 22.9 Å². The van der Waals surface area contributed by atoms with Gasteiger partial charge in [-0.3, -0.25) is 9.78 Å². The molecule has 0 spiro atoms. The number of rotatable bonds is 10. The van der Waals surface area contributed by atoms with Gasteiger partial charge in [-0.1, -0.05) is 49.0 Å². The van der Waals surface area contributed by atoms with E-state index in [0.29, 0.717) is 24.1 Å². The van der Waals surface area contributed by atoms with E-state index >= 15 is 0 Å². The summed E-state index contributed by atoms with van der Waals surface area (Å²) in [6.07, 6.45) is 1.17. The van der Waals surface area contributed by atoms with Crippen molar-refractivity contribution in [3.8, 4) is 5.88 Å². The largest absolute Gasteiger partial charge is 0.471 e. The van der Waals surface area contributed by atoms with Crippen LogP contribution in [0.4, 0.5) is 0 Å². The van der Waals surface area contributed by atoms with Gasteiger partial charge in [-0.25, -0.2) is 4.98 Å². The molecule has 2 aromatic heterocycles. The van der Waals surface area contributed by atoms with Crippen LogP contribution in [0.25, 0.3) is 11.2 Å². The van der Waals surface area contributed by atoms with E-state index in [-0.39, 0.29) is 37.6 Å². The second-order valence-electron chi connectivity index (χ2n) is 9.12. The van der Waals surface area contributed by atoms with Gasteiger partial charge in [0.1, 0.15) is 18.8 Å². The van der Waals surface area contributed by atoms with E-state index in [4.69, 9.17) is 23.9 Å². The quantitative estimate of drug-likeness (QED) is 0.329. The van der Waals surface area contributed by atoms with Gasteiger partial charge in [-0.05, 0) is 25.8 Å². The predicted molar refractivity (Wildman–Crippen MR) is 128 cm³/mol. The van der Waals surface area contributed by atoms with Crippen molar-refractivity contribution in [2.75, 3.05) is 19.0 Å². The molecule has 1 aliphatic carbocycles. The topological polar surface area (TPSA) is 104 Å². The van der Waals surface area contributed by atoms with Gasteiger partial charge in [-0.15, -0.1) is 0 Å². The van der Waals surface area contributed by atoms with E-state index in [0.717, 1.165) is 28.9 Å². The summed E-state index contributed by atoms with van der Waals surface area (Å²) in [5.41, 5.74) is 2.66. The summed E-state index contributed by atoms with van der Waals surface area (Å²) in [6.45, 7) is 6.65. The molecule has 2 aliphatic rings. The monoisotopic (exact) mass is 488 g/mol. The highest BCUT2D eigenvalue weighted by atomic mass is 32.2. The first-order chi connectivity index (χ1) is 16.5. The van der Waals surface area contributed by atoms with Crippen LogP contribution < -0.4 is 4.74 Å². The van der Waals surface area contributed by atoms with Crippen LogP contribution in [-0.2, 0) is 20.8 Å². The highest BCUT2D eigenvalue weighted by molar-refractivity contribution is 7.99. The number of aromatic amines is 1. The summed E-state index contributed by atoms with van der Waals surface area (Å²) < 4.78 is 26.5. The molecule has 0 radical (unpaired) electrons. The minimum absolute atomic E-state index is 0.0268. The minimum atomic E-state index is -0.694. The fourth-order valence-electron chi connectivity index (χ4n) is 4.66. The van der Waals surface area contributed by atoms with Crippen molar-refractivity contribution in [2.45, 2.75) is 75.5 Å². The molecular weight excluding hydrogens is 456 g/mol. The standard InChI is InChI=1S/C24H32N4O5S/c1-4-12-34-23-25-21-18(22(26-23)31-14-15-8-6-5-7-9-15)27-28(21)16-13-17(30-11-10-29)20-19(16)32-24(2,3)33-20/h5-9,16-17,19-20,27,29H,4,10-14H2,1-3H3/t16-,17+,19+,20-/m1/s1. The number of aliphatic hydroxyl groups is 1. The SMILES string of the molecule is CCCSc1nc(OCc2ccccc2)c2[nH]n([C@@H]3C[C@H](OCCO)[C@H]4OC(C)(C)O[C@H]43)c2n1. The number of nitrogens with zero attached hydrogens (tertiary/aromatic N) is 3. The number of benzene rings is 1. The number of fused-ring (bicyclic) bond motifs is 2. The molecule has 1 saturated heterocycles. The zero-order valence-corrected chi connectivity index (χ0v) is 20.6. The first kappa shape index (κ1) is 23.6. The van der Waals surface area contributed by atoms with Gasteiger partial charge in [-0.2, -0.15) is 4.98 Å². The summed E-state index contributed by atoms with van der Waals surface area (Å²) >= 11 is 1.62. The molecule has 2 N–H and O–H groups in total. The Hall–Kier alpha value is -2.11. The Morgan fingerprint density at radius 1 is 1.21 bits per heavy atom. The van der Waals surface area contributed by atoms with Crippen LogP contribution in [0.2, 0.25) is 0 Å². The lowest BCUT2D eigenvalue weighted by Gasteiger charge is -2.28. The summed E-state index contributed by atoms with van der Waals surface area (Å²) in [5.74, 6) is 0.788. The van der Waals surface area contributed by atoms with Crippen molar-refractivity contribution in [3.05, 3.63) is 35.9 Å². The number of hydrogen-bond acceptors (Lipinski definition) is 8. The third-order valence-corrected chi connectivity index (χ3v) is 7.14. The van der Waals surface area contributed by atoms with Crippen LogP contribution in [0.5, 0.6) is 5.88 Å². The minimum Gasteiger partial charge on any atom is -0.471 e. The lowest BCUT2D eigenvalue weighted by Crippen LogP contribution is -2.32. The second-order valence-corrected chi connectivity index (χ2v) is 10.2. The van der Waals surface area contributed by atoms with Crippen molar-refractivity contribution in [2.24, 2.45) is 0 Å². The van der Waals surface area contributed by atoms with Crippen LogP contribution in [0.1, 0.15) is 45.2 Å². The Morgan fingerprint density at radius 3 is 2.76 bits per heavy atom. The first-order valence-electron chi connectivity index (χ1n) is 11.8. The molecule has 3 aromatic rings. The van der Waals surface area contributed by atoms with Crippen LogP contribution in [0.15, 0.2) is 35.5 Å². The Balaban J connectivity index is 1.44. The molecule has 9 nitrogen and oxygen atoms in total. The number of hydrogen-bond donors (Lipinski definition) is 2. The van der Waals surface area contributed by atoms with Crippen molar-refractivity contribution in [3.63, 3.8) is 0 Å². The fraction of sp³-hybridized carbons (Fsp3) is 0.583. The van der Waals surface area contributed by atoms with Gasteiger partial charge in [0, 0.05) is 12.2 Å². The third-order valence-electron chi connectivity index (χ3n) is 6.09. The highest BCUT2D eigenvalue weighted by Crippen LogP contribution is 2.46. The Morgan fingerprint density at radius 2 is 2.00 bits per heavy atom. The molecule has 5 rings (SSSR count). The highest BCUT2D eigenvalue weighted by Gasteiger charge is 2.56. The van der Waals surface area contributed by atoms with Crippen LogP contribution in [0, 0.1) is 0 Å². The van der Waals surface area contributed by atoms with E-state index in [1.807, 2.05) is 48.9 Å². The summed E-state index contributed by atoms with van der Waals surface area (Å²) in [7, 11) is 0. The van der Waals surface area contributed by atoms with Gasteiger partial charge in [0.2, 0.25) is 5.88 Å². The van der Waals surface area contributed by atoms with Crippen LogP contribution in [-0.4, -0.2) is 67.9 Å². The molecule has 1 aromatic carbocycles. The Kier molecular flexibility index (Phi) is 6.85. The molecule has 3 heterocycles. The van der Waals surface area contributed by atoms with Crippen molar-refractivity contribution in [1.82, 2.24) is 19.7 Å². The maximum Gasteiger partial charge on any atom is 0.246 e. The number of H-pyrrole nitrogens is 1. The molecule has 34 heavy (non-hydrogen) atoms. The van der Waals surface area contributed by atoms with E-state index < -0.39 is 5.79 Å². The number of nitrogens with one attached hydrogen (secondary N) is 1. The molecule has 2 fully saturated rings. The zero-order chi connectivity index (χ0) is 23.7. The van der Waals surface area contributed by atoms with Crippen molar-refractivity contribution in [1.29, 1.82) is 0 Å². The van der Waals surface area contributed by atoms with E-state index in [2.05, 4.69) is 17.0 Å². The van der Waals surface area contributed by atoms with Gasteiger partial charge >= 0.3 is 0 Å². The smallest absolute Gasteiger partial charge is 0.246 e. The maximum absolute atomic E-state index is 9.24. The van der Waals surface area contributed by atoms with E-state index in [1.54, 1.807) is 11.8 Å². The maximum atomic E-state index is 9.24. The first-order valence-corrected chi connectivity index (χ1v) is 12.8. The summed E-state index contributed by atoms with van der Waals surface area (Å²) in [5, 5.41) is 13.3. The lowest BCUT2D eigenvalue weighted by atomic mass is 10.2. The average Bonchev–Trinajstić information content (AvgIpc) is 3.30. The summed E-state index contributed by atoms with van der Waals surface area (Å²) in [4.78, 5) is 9.51. The van der Waals surface area contributed by atoms with Crippen LogP contribution >= 0.6 is 11.8 Å². The van der Waals surface area contributed by atoms with Gasteiger partial charge in [0.25, 0.3) is 0 Å². The molecular formula is C24H32N4O5S. The summed E-state index contributed by atoms with van der Waals surface area (Å²) in [6, 6.07) is 10.0. The number of aromatic nitrogens is 4. The van der Waals surface area contributed by atoms with Crippen LogP contribution in [0.3, 0.4) is 0 Å². The lowest BCUT2D eigenvalue weighted by molar-refractivity contribution is -0.171. The Labute approximate surface area is 203 Å². The van der Waals surface area contributed by atoms with E-state index in [9.17, 15) is 5.11 Å². The third kappa shape index (κ3) is 4.70. The zero-order valence-electron chi connectivity index (χ0n) is 19.8. The average molecular weight is 489 g/mol. The second kappa shape index (κ2) is 9.87. The molecule has 184 valence electrons. The molecule has 1 saturated carbocycles. The Bertz CT molecular complexity index is 1100. The molecule has 0 bridgehead atoms. The number of thioether (sulfide) groups is 1. The fourth-order valence-corrected chi connectivity index (χ4v) is 5.34. The molecule has 1 aliphatic heterocycles. The van der Waals surface area contributed by atoms with E-state index in [1.165, 1.54) is 0 Å². The van der Waals surface area contributed by atoms with Gasteiger partial charge < -0.3 is 24.1 Å². The van der Waals surface area contributed by atoms with Gasteiger partial charge in [0.15, 0.2) is 22.1 Å². The molecule has 4 atom stereocenters. The number of ether oxygens (including phenoxy) is 4. The normalized spacial score (nSPS) is 25.8.